The minimum absolute atomic E-state index is 0.143. The van der Waals surface area contributed by atoms with Crippen LogP contribution in [0.3, 0.4) is 0 Å². The van der Waals surface area contributed by atoms with Crippen LogP contribution in [-0.4, -0.2) is 40.5 Å². The Morgan fingerprint density at radius 1 is 1.47 bits per heavy atom. The highest BCUT2D eigenvalue weighted by Gasteiger charge is 2.47. The highest BCUT2D eigenvalue weighted by molar-refractivity contribution is 5.80. The van der Waals surface area contributed by atoms with Crippen molar-refractivity contribution in [3.63, 3.8) is 0 Å². The summed E-state index contributed by atoms with van der Waals surface area (Å²) in [6.45, 7) is 1.35. The number of aliphatic hydroxyl groups is 1. The molecule has 1 aliphatic heterocycles. The molecule has 0 spiro atoms. The fourth-order valence-electron chi connectivity index (χ4n) is 2.36. The highest BCUT2D eigenvalue weighted by atomic mass is 19.3. The summed E-state index contributed by atoms with van der Waals surface area (Å²) in [5, 5.41) is 9.46. The van der Waals surface area contributed by atoms with E-state index >= 15 is 0 Å². The number of halogens is 2. The van der Waals surface area contributed by atoms with Crippen molar-refractivity contribution < 1.29 is 18.7 Å². The van der Waals surface area contributed by atoms with Crippen molar-refractivity contribution in [2.45, 2.75) is 37.7 Å². The van der Waals surface area contributed by atoms with Gasteiger partial charge in [0.15, 0.2) is 0 Å². The summed E-state index contributed by atoms with van der Waals surface area (Å²) in [4.78, 5) is 12.9. The van der Waals surface area contributed by atoms with Crippen LogP contribution >= 0.6 is 0 Å². The minimum atomic E-state index is -2.72. The summed E-state index contributed by atoms with van der Waals surface area (Å²) in [6.07, 6.45) is 0.559. The van der Waals surface area contributed by atoms with Gasteiger partial charge in [0, 0.05) is 18.9 Å². The molecule has 1 saturated heterocycles. The molecule has 2 rings (SSSR count). The van der Waals surface area contributed by atoms with Gasteiger partial charge in [0.1, 0.15) is 0 Å². The first-order valence-electron chi connectivity index (χ1n) is 5.18. The number of alkyl halides is 2. The Bertz CT molecular complexity index is 283. The Hall–Kier alpha value is -0.710. The van der Waals surface area contributed by atoms with Crippen LogP contribution in [0.5, 0.6) is 0 Å². The molecule has 0 aromatic carbocycles. The summed E-state index contributed by atoms with van der Waals surface area (Å²) in [5.41, 5.74) is -0.775. The van der Waals surface area contributed by atoms with E-state index in [0.717, 1.165) is 0 Å². The molecule has 3 nitrogen and oxygen atoms in total. The number of hydrogen-bond donors (Lipinski definition) is 1. The zero-order valence-corrected chi connectivity index (χ0v) is 8.67. The van der Waals surface area contributed by atoms with Crippen LogP contribution in [0, 0.1) is 5.92 Å². The van der Waals surface area contributed by atoms with Crippen molar-refractivity contribution in [1.82, 2.24) is 4.90 Å². The number of likely N-dealkylation sites (tertiary alicyclic amines) is 1. The van der Waals surface area contributed by atoms with E-state index in [2.05, 4.69) is 0 Å². The van der Waals surface area contributed by atoms with Crippen molar-refractivity contribution >= 4 is 5.91 Å². The quantitative estimate of drug-likeness (QED) is 0.715. The van der Waals surface area contributed by atoms with Gasteiger partial charge < -0.3 is 10.0 Å². The van der Waals surface area contributed by atoms with Crippen molar-refractivity contribution in [2.24, 2.45) is 5.92 Å². The van der Waals surface area contributed by atoms with Gasteiger partial charge in [0.2, 0.25) is 5.91 Å². The molecule has 0 unspecified atom stereocenters. The van der Waals surface area contributed by atoms with E-state index in [4.69, 9.17) is 0 Å². The van der Waals surface area contributed by atoms with Crippen LogP contribution in [0.2, 0.25) is 0 Å². The van der Waals surface area contributed by atoms with E-state index in [1.54, 1.807) is 6.92 Å². The molecule has 0 radical (unpaired) electrons. The van der Waals surface area contributed by atoms with E-state index in [0.29, 0.717) is 12.8 Å². The molecule has 1 saturated carbocycles. The second kappa shape index (κ2) is 3.14. The van der Waals surface area contributed by atoms with Gasteiger partial charge in [-0.1, -0.05) is 0 Å². The Labute approximate surface area is 87.1 Å². The monoisotopic (exact) mass is 219 g/mol. The largest absolute Gasteiger partial charge is 0.390 e. The molecule has 0 aromatic heterocycles. The Balaban J connectivity index is 1.89. The second-order valence-corrected chi connectivity index (χ2v) is 4.97. The van der Waals surface area contributed by atoms with Crippen molar-refractivity contribution in [3.05, 3.63) is 0 Å². The first kappa shape index (κ1) is 10.8. The van der Waals surface area contributed by atoms with Crippen molar-refractivity contribution in [3.8, 4) is 0 Å². The molecule has 2 fully saturated rings. The van der Waals surface area contributed by atoms with Crippen LogP contribution in [0.25, 0.3) is 0 Å². The van der Waals surface area contributed by atoms with Crippen molar-refractivity contribution in [1.29, 1.82) is 0 Å². The van der Waals surface area contributed by atoms with E-state index in [1.165, 1.54) is 4.90 Å². The molecule has 1 amide bonds. The van der Waals surface area contributed by atoms with E-state index in [-0.39, 0.29) is 24.8 Å². The molecule has 0 atom stereocenters. The fraction of sp³-hybridized carbons (Fsp3) is 0.900. The zero-order valence-electron chi connectivity index (χ0n) is 8.67. The Morgan fingerprint density at radius 3 is 2.47 bits per heavy atom. The summed E-state index contributed by atoms with van der Waals surface area (Å²) < 4.78 is 25.7. The number of carbonyl (C=O) groups is 1. The maximum absolute atomic E-state index is 12.8. The zero-order chi connectivity index (χ0) is 11.3. The molecular weight excluding hydrogens is 204 g/mol. The fourth-order valence-corrected chi connectivity index (χ4v) is 2.36. The molecule has 1 aliphatic carbocycles. The highest BCUT2D eigenvalue weighted by Crippen LogP contribution is 2.39. The smallest absolute Gasteiger partial charge is 0.267 e. The van der Waals surface area contributed by atoms with Gasteiger partial charge in [-0.05, 0) is 19.8 Å². The lowest BCUT2D eigenvalue weighted by Crippen LogP contribution is -2.49. The molecule has 1 heterocycles. The molecule has 1 N–H and O–H groups in total. The molecule has 5 heteroatoms. The number of carbonyl (C=O) groups excluding carboxylic acids is 1. The predicted molar refractivity (Wildman–Crippen MR) is 49.5 cm³/mol. The normalized spacial score (nSPS) is 38.9. The number of amides is 1. The number of rotatable bonds is 1. The Morgan fingerprint density at radius 2 is 2.07 bits per heavy atom. The van der Waals surface area contributed by atoms with Gasteiger partial charge in [0.25, 0.3) is 5.92 Å². The summed E-state index contributed by atoms with van der Waals surface area (Å²) in [6, 6.07) is 0. The minimum Gasteiger partial charge on any atom is -0.390 e. The third kappa shape index (κ3) is 2.12. The van der Waals surface area contributed by atoms with E-state index in [1.807, 2.05) is 0 Å². The molecular formula is C10H15F2NO2. The molecule has 0 aromatic rings. The van der Waals surface area contributed by atoms with Gasteiger partial charge >= 0.3 is 0 Å². The van der Waals surface area contributed by atoms with E-state index < -0.39 is 18.1 Å². The third-order valence-corrected chi connectivity index (χ3v) is 3.20. The standard InChI is InChI=1S/C10H15F2NO2/c1-9(15)4-7(5-9)8(14)13-3-2-10(11,12)6-13/h7,15H,2-6H2,1H3. The van der Waals surface area contributed by atoms with E-state index in [9.17, 15) is 18.7 Å². The number of nitrogens with zero attached hydrogens (tertiary/aromatic N) is 1. The lowest BCUT2D eigenvalue weighted by Gasteiger charge is -2.41. The summed E-state index contributed by atoms with van der Waals surface area (Å²) >= 11 is 0. The summed E-state index contributed by atoms with van der Waals surface area (Å²) in [7, 11) is 0. The predicted octanol–water partition coefficient (Wildman–Crippen LogP) is 1.01. The number of hydrogen-bond acceptors (Lipinski definition) is 2. The first-order chi connectivity index (χ1) is 6.79. The van der Waals surface area contributed by atoms with Gasteiger partial charge in [-0.25, -0.2) is 8.78 Å². The lowest BCUT2D eigenvalue weighted by molar-refractivity contribution is -0.149. The van der Waals surface area contributed by atoms with Crippen LogP contribution in [0.1, 0.15) is 26.2 Å². The van der Waals surface area contributed by atoms with Gasteiger partial charge in [0.05, 0.1) is 12.1 Å². The molecule has 86 valence electrons. The Kier molecular flexibility index (Phi) is 2.26. The first-order valence-corrected chi connectivity index (χ1v) is 5.18. The lowest BCUT2D eigenvalue weighted by atomic mass is 9.71. The van der Waals surface area contributed by atoms with Crippen LogP contribution in [0.4, 0.5) is 8.78 Å². The molecule has 0 bridgehead atoms. The second-order valence-electron chi connectivity index (χ2n) is 4.97. The van der Waals surface area contributed by atoms with Crippen LogP contribution in [0.15, 0.2) is 0 Å². The molecule has 2 aliphatic rings. The van der Waals surface area contributed by atoms with Crippen LogP contribution in [-0.2, 0) is 4.79 Å². The maximum Gasteiger partial charge on any atom is 0.267 e. The van der Waals surface area contributed by atoms with Gasteiger partial charge in [-0.15, -0.1) is 0 Å². The summed E-state index contributed by atoms with van der Waals surface area (Å²) in [5.74, 6) is -3.20. The van der Waals surface area contributed by atoms with Gasteiger partial charge in [-0.3, -0.25) is 4.79 Å². The van der Waals surface area contributed by atoms with Crippen molar-refractivity contribution in [2.75, 3.05) is 13.1 Å². The topological polar surface area (TPSA) is 40.5 Å². The third-order valence-electron chi connectivity index (χ3n) is 3.20. The SMILES string of the molecule is CC1(O)CC(C(=O)N2CCC(F)(F)C2)C1. The van der Waals surface area contributed by atoms with Gasteiger partial charge in [-0.2, -0.15) is 0 Å². The van der Waals surface area contributed by atoms with Crippen LogP contribution < -0.4 is 0 Å². The maximum atomic E-state index is 12.8. The average Bonchev–Trinajstić information content (AvgIpc) is 2.40. The molecule has 15 heavy (non-hydrogen) atoms. The average molecular weight is 219 g/mol.